The fourth-order valence-corrected chi connectivity index (χ4v) is 3.75. The molecule has 0 atom stereocenters. The van der Waals surface area contributed by atoms with Crippen molar-refractivity contribution in [2.75, 3.05) is 13.2 Å². The van der Waals surface area contributed by atoms with Crippen LogP contribution in [0.2, 0.25) is 0 Å². The van der Waals surface area contributed by atoms with E-state index in [0.717, 1.165) is 47.1 Å². The third kappa shape index (κ3) is 3.89. The van der Waals surface area contributed by atoms with E-state index in [1.165, 1.54) is 5.56 Å². The van der Waals surface area contributed by atoms with Gasteiger partial charge in [-0.15, -0.1) is 0 Å². The number of pyridine rings is 1. The molecule has 0 fully saturated rings. The highest BCUT2D eigenvalue weighted by Gasteiger charge is 2.15. The van der Waals surface area contributed by atoms with Crippen LogP contribution in [0.4, 0.5) is 0 Å². The number of hydrogen-bond donors (Lipinski definition) is 2. The first-order valence-corrected chi connectivity index (χ1v) is 10.1. The Morgan fingerprint density at radius 2 is 1.97 bits per heavy atom. The zero-order chi connectivity index (χ0) is 20.2. The molecule has 4 aromatic rings. The van der Waals surface area contributed by atoms with E-state index in [2.05, 4.69) is 22.3 Å². The number of aromatic nitrogens is 3. The van der Waals surface area contributed by atoms with Crippen molar-refractivity contribution in [2.45, 2.75) is 32.7 Å². The van der Waals surface area contributed by atoms with Gasteiger partial charge >= 0.3 is 0 Å². The van der Waals surface area contributed by atoms with Gasteiger partial charge < -0.3 is 15.0 Å². The second kappa shape index (κ2) is 8.49. The molecule has 6 nitrogen and oxygen atoms in total. The standard InChI is InChI=1S/C23H26N4O2/c1-16-21-22(26-25-16)19-15-17(7-5-14-29-18-8-3-2-4-9-18)10-11-20(19)27(23(21)28)13-6-12-24/h2-4,8-11,15H,5-7,12-14,24H2,1H3,(H,25,26). The molecule has 4 rings (SSSR count). The van der Waals surface area contributed by atoms with Gasteiger partial charge in [0.25, 0.3) is 5.56 Å². The van der Waals surface area contributed by atoms with Crippen LogP contribution in [0.25, 0.3) is 21.8 Å². The molecule has 29 heavy (non-hydrogen) atoms. The third-order valence-electron chi connectivity index (χ3n) is 5.22. The maximum absolute atomic E-state index is 13.0. The van der Waals surface area contributed by atoms with Crippen molar-refractivity contribution in [1.29, 1.82) is 0 Å². The van der Waals surface area contributed by atoms with Gasteiger partial charge in [0, 0.05) is 17.6 Å². The summed E-state index contributed by atoms with van der Waals surface area (Å²) >= 11 is 0. The molecule has 0 aliphatic rings. The highest BCUT2D eigenvalue weighted by Crippen LogP contribution is 2.25. The lowest BCUT2D eigenvalue weighted by atomic mass is 10.0. The fraction of sp³-hybridized carbons (Fsp3) is 0.304. The number of aryl methyl sites for hydroxylation is 3. The van der Waals surface area contributed by atoms with Crippen LogP contribution in [-0.4, -0.2) is 27.9 Å². The maximum Gasteiger partial charge on any atom is 0.262 e. The molecule has 0 amide bonds. The minimum absolute atomic E-state index is 0.00351. The van der Waals surface area contributed by atoms with E-state index < -0.39 is 0 Å². The number of ether oxygens (including phenoxy) is 1. The minimum atomic E-state index is -0.00351. The molecule has 3 N–H and O–H groups in total. The summed E-state index contributed by atoms with van der Waals surface area (Å²) in [6, 6.07) is 16.1. The van der Waals surface area contributed by atoms with Gasteiger partial charge in [0.15, 0.2) is 0 Å². The second-order valence-electron chi connectivity index (χ2n) is 7.29. The quantitative estimate of drug-likeness (QED) is 0.451. The zero-order valence-electron chi connectivity index (χ0n) is 16.6. The Kier molecular flexibility index (Phi) is 5.62. The van der Waals surface area contributed by atoms with Crippen molar-refractivity contribution >= 4 is 21.8 Å². The van der Waals surface area contributed by atoms with Crippen LogP contribution in [-0.2, 0) is 13.0 Å². The number of nitrogens with zero attached hydrogens (tertiary/aromatic N) is 2. The van der Waals surface area contributed by atoms with Gasteiger partial charge in [-0.05, 0) is 62.6 Å². The Morgan fingerprint density at radius 3 is 2.76 bits per heavy atom. The molecule has 2 aromatic carbocycles. The molecule has 0 radical (unpaired) electrons. The monoisotopic (exact) mass is 390 g/mol. The number of H-pyrrole nitrogens is 1. The first-order chi connectivity index (χ1) is 14.2. The van der Waals surface area contributed by atoms with Crippen molar-refractivity contribution in [3.63, 3.8) is 0 Å². The van der Waals surface area contributed by atoms with Gasteiger partial charge in [-0.2, -0.15) is 5.10 Å². The van der Waals surface area contributed by atoms with E-state index in [4.69, 9.17) is 10.5 Å². The molecule has 0 saturated carbocycles. The van der Waals surface area contributed by atoms with Gasteiger partial charge in [0.2, 0.25) is 0 Å². The largest absolute Gasteiger partial charge is 0.494 e. The summed E-state index contributed by atoms with van der Waals surface area (Å²) in [5.74, 6) is 0.892. The lowest BCUT2D eigenvalue weighted by molar-refractivity contribution is 0.311. The number of para-hydroxylation sites is 1. The SMILES string of the molecule is Cc1[nH]nc2c1c(=O)n(CCCN)c1ccc(CCCOc3ccccc3)cc21. The number of aromatic amines is 1. The molecule has 0 spiro atoms. The summed E-state index contributed by atoms with van der Waals surface area (Å²) in [7, 11) is 0. The zero-order valence-corrected chi connectivity index (χ0v) is 16.6. The molecule has 150 valence electrons. The number of nitrogens with one attached hydrogen (secondary N) is 1. The first-order valence-electron chi connectivity index (χ1n) is 10.1. The van der Waals surface area contributed by atoms with Gasteiger partial charge in [0.05, 0.1) is 17.5 Å². The molecule has 0 bridgehead atoms. The van der Waals surface area contributed by atoms with E-state index in [-0.39, 0.29) is 5.56 Å². The summed E-state index contributed by atoms with van der Waals surface area (Å²) in [6.07, 6.45) is 2.57. The summed E-state index contributed by atoms with van der Waals surface area (Å²) < 4.78 is 7.62. The van der Waals surface area contributed by atoms with E-state index in [1.54, 1.807) is 0 Å². The van der Waals surface area contributed by atoms with Gasteiger partial charge in [-0.25, -0.2) is 0 Å². The summed E-state index contributed by atoms with van der Waals surface area (Å²) in [5, 5.41) is 9.06. The normalized spacial score (nSPS) is 11.4. The molecule has 2 aromatic heterocycles. The molecule has 0 aliphatic carbocycles. The number of hydrogen-bond acceptors (Lipinski definition) is 4. The predicted molar refractivity (Wildman–Crippen MR) is 117 cm³/mol. The third-order valence-corrected chi connectivity index (χ3v) is 5.22. The first kappa shape index (κ1) is 19.2. The Morgan fingerprint density at radius 1 is 1.14 bits per heavy atom. The van der Waals surface area contributed by atoms with Crippen molar-refractivity contribution in [1.82, 2.24) is 14.8 Å². The van der Waals surface area contributed by atoms with Crippen LogP contribution in [0.3, 0.4) is 0 Å². The molecule has 2 heterocycles. The van der Waals surface area contributed by atoms with E-state index in [1.807, 2.05) is 47.9 Å². The van der Waals surface area contributed by atoms with E-state index in [9.17, 15) is 4.79 Å². The number of nitrogens with two attached hydrogens (primary N) is 1. The average Bonchev–Trinajstić information content (AvgIpc) is 3.14. The molecule has 6 heteroatoms. The van der Waals surface area contributed by atoms with Gasteiger partial charge in [0.1, 0.15) is 11.3 Å². The average molecular weight is 390 g/mol. The Labute approximate surface area is 169 Å². The number of rotatable bonds is 8. The topological polar surface area (TPSA) is 85.9 Å². The molecule has 0 unspecified atom stereocenters. The Hall–Kier alpha value is -3.12. The van der Waals surface area contributed by atoms with Crippen molar-refractivity contribution in [3.8, 4) is 5.75 Å². The van der Waals surface area contributed by atoms with Gasteiger partial charge in [-0.3, -0.25) is 9.89 Å². The molecule has 0 saturated heterocycles. The van der Waals surface area contributed by atoms with Crippen LogP contribution in [0.5, 0.6) is 5.75 Å². The van der Waals surface area contributed by atoms with Crippen LogP contribution >= 0.6 is 0 Å². The Bertz CT molecular complexity index is 1180. The smallest absolute Gasteiger partial charge is 0.262 e. The summed E-state index contributed by atoms with van der Waals surface area (Å²) in [5.41, 5.74) is 9.34. The molecular weight excluding hydrogens is 364 g/mol. The predicted octanol–water partition coefficient (Wildman–Crippen LogP) is 3.55. The van der Waals surface area contributed by atoms with E-state index >= 15 is 0 Å². The minimum Gasteiger partial charge on any atom is -0.494 e. The van der Waals surface area contributed by atoms with Gasteiger partial charge in [-0.1, -0.05) is 24.3 Å². The second-order valence-corrected chi connectivity index (χ2v) is 7.29. The lowest BCUT2D eigenvalue weighted by Crippen LogP contribution is -2.22. The fourth-order valence-electron chi connectivity index (χ4n) is 3.75. The lowest BCUT2D eigenvalue weighted by Gasteiger charge is -2.12. The summed E-state index contributed by atoms with van der Waals surface area (Å²) in [4.78, 5) is 13.0. The van der Waals surface area contributed by atoms with Crippen LogP contribution < -0.4 is 16.0 Å². The van der Waals surface area contributed by atoms with Crippen molar-refractivity contribution in [3.05, 3.63) is 70.1 Å². The number of benzene rings is 2. The highest BCUT2D eigenvalue weighted by molar-refractivity contribution is 6.04. The molecule has 0 aliphatic heterocycles. The Balaban J connectivity index is 1.61. The number of fused-ring (bicyclic) bond motifs is 3. The maximum atomic E-state index is 13.0. The summed E-state index contributed by atoms with van der Waals surface area (Å²) in [6.45, 7) is 3.71. The van der Waals surface area contributed by atoms with Crippen molar-refractivity contribution in [2.24, 2.45) is 5.73 Å². The highest BCUT2D eigenvalue weighted by atomic mass is 16.5. The van der Waals surface area contributed by atoms with Crippen LogP contribution in [0, 0.1) is 6.92 Å². The van der Waals surface area contributed by atoms with Crippen molar-refractivity contribution < 1.29 is 4.74 Å². The van der Waals surface area contributed by atoms with Crippen LogP contribution in [0.15, 0.2) is 53.3 Å². The molecular formula is C23H26N4O2. The van der Waals surface area contributed by atoms with Crippen LogP contribution in [0.1, 0.15) is 24.1 Å². The van der Waals surface area contributed by atoms with E-state index in [0.29, 0.717) is 25.1 Å².